The van der Waals surface area contributed by atoms with Crippen LogP contribution in [0.15, 0.2) is 18.2 Å². The minimum Gasteiger partial charge on any atom is -0.466 e. The number of ether oxygens (including phenoxy) is 2. The van der Waals surface area contributed by atoms with Crippen molar-refractivity contribution in [1.29, 1.82) is 0 Å². The van der Waals surface area contributed by atoms with Gasteiger partial charge in [-0.15, -0.1) is 0 Å². The molecule has 1 saturated heterocycles. The largest absolute Gasteiger partial charge is 0.466 e. The van der Waals surface area contributed by atoms with Crippen LogP contribution in [-0.4, -0.2) is 48.5 Å². The highest BCUT2D eigenvalue weighted by Gasteiger charge is 2.22. The highest BCUT2D eigenvalue weighted by molar-refractivity contribution is 5.93. The summed E-state index contributed by atoms with van der Waals surface area (Å²) in [6.45, 7) is 3.49. The molecule has 7 heteroatoms. The lowest BCUT2D eigenvalue weighted by Crippen LogP contribution is -2.29. The number of carbonyl (C=O) groups excluding carboxylic acids is 2. The second-order valence-electron chi connectivity index (χ2n) is 5.09. The summed E-state index contributed by atoms with van der Waals surface area (Å²) in [7, 11) is 1.31. The molecular formula is C15H21N3O4. The smallest absolute Gasteiger partial charge is 0.330 e. The fraction of sp³-hybridized carbons (Fsp3) is 0.533. The molecule has 22 heavy (non-hydrogen) atoms. The van der Waals surface area contributed by atoms with Crippen molar-refractivity contribution in [3.05, 3.63) is 29.6 Å². The number of nitrogens with one attached hydrogen (secondary N) is 1. The van der Waals surface area contributed by atoms with Crippen molar-refractivity contribution in [2.24, 2.45) is 0 Å². The second-order valence-corrected chi connectivity index (χ2v) is 5.09. The topological polar surface area (TPSA) is 82.5 Å². The average Bonchev–Trinajstić information content (AvgIpc) is 2.94. The molecule has 0 radical (unpaired) electrons. The maximum absolute atomic E-state index is 12.3. The Balaban J connectivity index is 2.00. The zero-order valence-corrected chi connectivity index (χ0v) is 12.9. The molecule has 0 saturated carbocycles. The van der Waals surface area contributed by atoms with Crippen LogP contribution >= 0.6 is 0 Å². The molecule has 2 rings (SSSR count). The van der Waals surface area contributed by atoms with Crippen LogP contribution in [-0.2, 0) is 14.3 Å². The molecule has 0 atom stereocenters. The summed E-state index contributed by atoms with van der Waals surface area (Å²) in [4.78, 5) is 23.2. The van der Waals surface area contributed by atoms with E-state index in [1.807, 2.05) is 6.92 Å². The fourth-order valence-corrected chi connectivity index (χ4v) is 2.36. The standard InChI is InChI=1S/C15H21N3O4/c1-11-10-13(15(20)16-7-3-4-14(19)21-2)18(17-11)12-5-8-22-9-6-12/h3-4,10,12H,5-9H2,1-2H3,(H,16,20)/b4-3+. The van der Waals surface area contributed by atoms with Gasteiger partial charge in [0.2, 0.25) is 0 Å². The third-order valence-corrected chi connectivity index (χ3v) is 3.46. The summed E-state index contributed by atoms with van der Waals surface area (Å²) < 4.78 is 11.6. The molecule has 2 heterocycles. The first-order valence-electron chi connectivity index (χ1n) is 7.28. The Bertz CT molecular complexity index is 559. The number of hydrogen-bond acceptors (Lipinski definition) is 5. The molecular weight excluding hydrogens is 286 g/mol. The number of esters is 1. The van der Waals surface area contributed by atoms with Gasteiger partial charge in [0.1, 0.15) is 5.69 Å². The van der Waals surface area contributed by atoms with Crippen molar-refractivity contribution >= 4 is 11.9 Å². The number of rotatable bonds is 5. The van der Waals surface area contributed by atoms with E-state index in [1.54, 1.807) is 16.8 Å². The van der Waals surface area contributed by atoms with E-state index >= 15 is 0 Å². The van der Waals surface area contributed by atoms with E-state index in [4.69, 9.17) is 4.74 Å². The lowest BCUT2D eigenvalue weighted by Gasteiger charge is -2.23. The van der Waals surface area contributed by atoms with Gasteiger partial charge in [-0.2, -0.15) is 5.10 Å². The normalized spacial score (nSPS) is 15.9. The van der Waals surface area contributed by atoms with Crippen LogP contribution in [0, 0.1) is 6.92 Å². The van der Waals surface area contributed by atoms with Crippen molar-refractivity contribution in [2.75, 3.05) is 26.9 Å². The number of methoxy groups -OCH3 is 1. The summed E-state index contributed by atoms with van der Waals surface area (Å²) in [6, 6.07) is 1.96. The quantitative estimate of drug-likeness (QED) is 0.648. The van der Waals surface area contributed by atoms with Crippen LogP contribution in [0.2, 0.25) is 0 Å². The van der Waals surface area contributed by atoms with E-state index in [-0.39, 0.29) is 18.5 Å². The monoisotopic (exact) mass is 307 g/mol. The highest BCUT2D eigenvalue weighted by atomic mass is 16.5. The summed E-state index contributed by atoms with van der Waals surface area (Å²) in [5.74, 6) is -0.654. The van der Waals surface area contributed by atoms with Gasteiger partial charge in [0.25, 0.3) is 5.91 Å². The Morgan fingerprint density at radius 1 is 1.50 bits per heavy atom. The van der Waals surface area contributed by atoms with Gasteiger partial charge in [-0.3, -0.25) is 9.48 Å². The van der Waals surface area contributed by atoms with Crippen molar-refractivity contribution in [1.82, 2.24) is 15.1 Å². The molecule has 0 unspecified atom stereocenters. The Morgan fingerprint density at radius 2 is 2.23 bits per heavy atom. The number of aromatic nitrogens is 2. The van der Waals surface area contributed by atoms with Crippen molar-refractivity contribution in [3.8, 4) is 0 Å². The van der Waals surface area contributed by atoms with E-state index in [2.05, 4.69) is 15.2 Å². The number of nitrogens with zero attached hydrogens (tertiary/aromatic N) is 2. The lowest BCUT2D eigenvalue weighted by molar-refractivity contribution is -0.134. The lowest BCUT2D eigenvalue weighted by atomic mass is 10.1. The number of carbonyl (C=O) groups is 2. The van der Waals surface area contributed by atoms with Gasteiger partial charge in [0.05, 0.1) is 18.8 Å². The molecule has 1 fully saturated rings. The van der Waals surface area contributed by atoms with Crippen LogP contribution in [0.3, 0.4) is 0 Å². The van der Waals surface area contributed by atoms with Gasteiger partial charge in [0.15, 0.2) is 0 Å². The summed E-state index contributed by atoms with van der Waals surface area (Å²) in [5, 5.41) is 7.18. The van der Waals surface area contributed by atoms with Crippen LogP contribution in [0.4, 0.5) is 0 Å². The zero-order chi connectivity index (χ0) is 15.9. The van der Waals surface area contributed by atoms with Crippen LogP contribution in [0.25, 0.3) is 0 Å². The minimum atomic E-state index is -0.447. The Hall–Kier alpha value is -2.15. The molecule has 0 spiro atoms. The molecule has 0 aromatic carbocycles. The molecule has 1 aliphatic rings. The fourth-order valence-electron chi connectivity index (χ4n) is 2.36. The zero-order valence-electron chi connectivity index (χ0n) is 12.9. The number of aryl methyl sites for hydroxylation is 1. The molecule has 1 aromatic heterocycles. The Labute approximate surface area is 129 Å². The maximum atomic E-state index is 12.3. The summed E-state index contributed by atoms with van der Waals surface area (Å²) in [5.41, 5.74) is 1.35. The molecule has 1 N–H and O–H groups in total. The van der Waals surface area contributed by atoms with Crippen LogP contribution < -0.4 is 5.32 Å². The van der Waals surface area contributed by atoms with Crippen LogP contribution in [0.1, 0.15) is 35.1 Å². The van der Waals surface area contributed by atoms with E-state index in [9.17, 15) is 9.59 Å². The minimum absolute atomic E-state index is 0.189. The molecule has 0 aliphatic carbocycles. The molecule has 1 aromatic rings. The van der Waals surface area contributed by atoms with Crippen molar-refractivity contribution in [2.45, 2.75) is 25.8 Å². The first-order chi connectivity index (χ1) is 10.6. The van der Waals surface area contributed by atoms with Crippen molar-refractivity contribution in [3.63, 3.8) is 0 Å². The predicted molar refractivity (Wildman–Crippen MR) is 79.5 cm³/mol. The van der Waals surface area contributed by atoms with E-state index in [0.717, 1.165) is 18.5 Å². The van der Waals surface area contributed by atoms with Gasteiger partial charge >= 0.3 is 5.97 Å². The van der Waals surface area contributed by atoms with Crippen molar-refractivity contribution < 1.29 is 19.1 Å². The average molecular weight is 307 g/mol. The first kappa shape index (κ1) is 16.2. The first-order valence-corrected chi connectivity index (χ1v) is 7.28. The van der Waals surface area contributed by atoms with Gasteiger partial charge in [0, 0.05) is 25.8 Å². The van der Waals surface area contributed by atoms with Crippen LogP contribution in [0.5, 0.6) is 0 Å². The molecule has 7 nitrogen and oxygen atoms in total. The molecule has 120 valence electrons. The Morgan fingerprint density at radius 3 is 2.91 bits per heavy atom. The maximum Gasteiger partial charge on any atom is 0.330 e. The predicted octanol–water partition coefficient (Wildman–Crippen LogP) is 1.00. The van der Waals surface area contributed by atoms with Gasteiger partial charge < -0.3 is 14.8 Å². The van der Waals surface area contributed by atoms with Gasteiger partial charge in [-0.25, -0.2) is 4.79 Å². The number of hydrogen-bond donors (Lipinski definition) is 1. The van der Waals surface area contributed by atoms with E-state index in [0.29, 0.717) is 18.9 Å². The third kappa shape index (κ3) is 4.17. The SMILES string of the molecule is COC(=O)/C=C/CNC(=O)c1cc(C)nn1C1CCOCC1. The van der Waals surface area contributed by atoms with Gasteiger partial charge in [-0.1, -0.05) is 6.08 Å². The van der Waals surface area contributed by atoms with E-state index in [1.165, 1.54) is 13.2 Å². The van der Waals surface area contributed by atoms with Gasteiger partial charge in [-0.05, 0) is 25.8 Å². The molecule has 1 aliphatic heterocycles. The summed E-state index contributed by atoms with van der Waals surface area (Å²) >= 11 is 0. The van der Waals surface area contributed by atoms with E-state index < -0.39 is 5.97 Å². The molecule has 0 bridgehead atoms. The second kappa shape index (κ2) is 7.74. The molecule has 1 amide bonds. The number of amides is 1. The Kier molecular flexibility index (Phi) is 5.71. The summed E-state index contributed by atoms with van der Waals surface area (Å²) in [6.07, 6.45) is 4.53. The highest BCUT2D eigenvalue weighted by Crippen LogP contribution is 2.22. The third-order valence-electron chi connectivity index (χ3n) is 3.46.